The summed E-state index contributed by atoms with van der Waals surface area (Å²) in [5.74, 6) is 0.130. The average molecular weight is 305 g/mol. The zero-order valence-corrected chi connectivity index (χ0v) is 13.0. The molecule has 0 bridgehead atoms. The van der Waals surface area contributed by atoms with Crippen LogP contribution in [0.1, 0.15) is 13.3 Å². The Morgan fingerprint density at radius 3 is 2.73 bits per heavy atom. The van der Waals surface area contributed by atoms with E-state index in [9.17, 15) is 4.79 Å². The Balaban J connectivity index is 2.06. The van der Waals surface area contributed by atoms with Gasteiger partial charge in [0.05, 0.1) is 31.5 Å². The lowest BCUT2D eigenvalue weighted by atomic mass is 10.2. The van der Waals surface area contributed by atoms with Crippen molar-refractivity contribution in [2.45, 2.75) is 13.3 Å². The molecule has 1 fully saturated rings. The minimum Gasteiger partial charge on any atom is -0.481 e. The van der Waals surface area contributed by atoms with Gasteiger partial charge in [0.2, 0.25) is 0 Å². The number of hydrogen-bond donors (Lipinski definition) is 1. The van der Waals surface area contributed by atoms with Gasteiger partial charge in [0.1, 0.15) is 5.82 Å². The first kappa shape index (κ1) is 16.3. The van der Waals surface area contributed by atoms with Gasteiger partial charge >= 0.3 is 5.97 Å². The highest BCUT2D eigenvalue weighted by atomic mass is 16.5. The fourth-order valence-electron chi connectivity index (χ4n) is 2.40. The number of aromatic nitrogens is 1. The van der Waals surface area contributed by atoms with Crippen LogP contribution in [-0.4, -0.2) is 55.5 Å². The summed E-state index contributed by atoms with van der Waals surface area (Å²) < 4.78 is 5.34. The lowest BCUT2D eigenvalue weighted by Gasteiger charge is -2.29. The van der Waals surface area contributed by atoms with Crippen LogP contribution in [0.2, 0.25) is 0 Å². The van der Waals surface area contributed by atoms with Gasteiger partial charge in [-0.3, -0.25) is 4.79 Å². The van der Waals surface area contributed by atoms with Crippen LogP contribution in [-0.2, 0) is 9.53 Å². The number of carboxylic acids is 1. The van der Waals surface area contributed by atoms with Gasteiger partial charge in [-0.2, -0.15) is 0 Å². The molecule has 2 heterocycles. The van der Waals surface area contributed by atoms with E-state index in [1.165, 1.54) is 0 Å². The summed E-state index contributed by atoms with van der Waals surface area (Å²) in [6, 6.07) is 3.97. The fourth-order valence-corrected chi connectivity index (χ4v) is 2.40. The van der Waals surface area contributed by atoms with Crippen molar-refractivity contribution in [1.29, 1.82) is 0 Å². The van der Waals surface area contributed by atoms with Crippen LogP contribution >= 0.6 is 0 Å². The van der Waals surface area contributed by atoms with Crippen LogP contribution in [0, 0.1) is 0 Å². The van der Waals surface area contributed by atoms with Crippen molar-refractivity contribution >= 4 is 17.5 Å². The van der Waals surface area contributed by atoms with Gasteiger partial charge in [0.25, 0.3) is 0 Å². The normalized spacial score (nSPS) is 14.7. The summed E-state index contributed by atoms with van der Waals surface area (Å²) in [5, 5.41) is 8.87. The molecule has 0 atom stereocenters. The van der Waals surface area contributed by atoms with Crippen molar-refractivity contribution < 1.29 is 14.6 Å². The molecule has 0 saturated carbocycles. The van der Waals surface area contributed by atoms with Gasteiger partial charge in [-0.15, -0.1) is 0 Å². The van der Waals surface area contributed by atoms with Crippen molar-refractivity contribution in [1.82, 2.24) is 4.98 Å². The highest BCUT2D eigenvalue weighted by molar-refractivity contribution is 5.67. The van der Waals surface area contributed by atoms with E-state index in [2.05, 4.69) is 16.5 Å². The monoisotopic (exact) mass is 305 g/mol. The lowest BCUT2D eigenvalue weighted by Crippen LogP contribution is -2.36. The maximum atomic E-state index is 10.8. The number of ether oxygens (including phenoxy) is 1. The number of carboxylic acid groups (broad SMARTS) is 1. The van der Waals surface area contributed by atoms with E-state index in [1.54, 1.807) is 6.20 Å². The molecular weight excluding hydrogens is 282 g/mol. The van der Waals surface area contributed by atoms with Crippen molar-refractivity contribution in [3.63, 3.8) is 0 Å². The summed E-state index contributed by atoms with van der Waals surface area (Å²) in [7, 11) is 0. The van der Waals surface area contributed by atoms with Gasteiger partial charge in [-0.1, -0.05) is 12.2 Å². The third-order valence-electron chi connectivity index (χ3n) is 3.49. The zero-order chi connectivity index (χ0) is 15.9. The third kappa shape index (κ3) is 4.73. The highest BCUT2D eigenvalue weighted by Gasteiger charge is 2.14. The Morgan fingerprint density at radius 1 is 1.45 bits per heavy atom. The van der Waals surface area contributed by atoms with E-state index >= 15 is 0 Å². The van der Waals surface area contributed by atoms with E-state index < -0.39 is 5.97 Å². The number of aliphatic carboxylic acids is 1. The Kier molecular flexibility index (Phi) is 5.77. The van der Waals surface area contributed by atoms with Gasteiger partial charge < -0.3 is 19.6 Å². The molecule has 1 aliphatic rings. The van der Waals surface area contributed by atoms with Crippen LogP contribution in [0.4, 0.5) is 11.5 Å². The number of rotatable bonds is 7. The van der Waals surface area contributed by atoms with Crippen LogP contribution in [0.3, 0.4) is 0 Å². The molecule has 1 aliphatic heterocycles. The Bertz CT molecular complexity index is 510. The fraction of sp³-hybridized carbons (Fsp3) is 0.500. The van der Waals surface area contributed by atoms with E-state index in [-0.39, 0.29) is 6.42 Å². The molecule has 1 N–H and O–H groups in total. The standard InChI is InChI=1S/C16H23N3O3/c1-13(2)12-19(6-5-16(20)21)14-3-4-15(17-11-14)18-7-9-22-10-8-18/h3-4,11H,1,5-10,12H2,2H3,(H,20,21). The summed E-state index contributed by atoms with van der Waals surface area (Å²) in [6.07, 6.45) is 1.90. The summed E-state index contributed by atoms with van der Waals surface area (Å²) >= 11 is 0. The molecule has 0 amide bonds. The molecule has 0 spiro atoms. The molecule has 6 heteroatoms. The summed E-state index contributed by atoms with van der Waals surface area (Å²) in [4.78, 5) is 19.5. The van der Waals surface area contributed by atoms with Crippen LogP contribution in [0.5, 0.6) is 0 Å². The maximum Gasteiger partial charge on any atom is 0.305 e. The van der Waals surface area contributed by atoms with E-state index in [0.29, 0.717) is 13.1 Å². The molecule has 6 nitrogen and oxygen atoms in total. The molecule has 1 aromatic rings. The van der Waals surface area contributed by atoms with Crippen molar-refractivity contribution in [2.24, 2.45) is 0 Å². The minimum absolute atomic E-state index is 0.0957. The maximum absolute atomic E-state index is 10.8. The highest BCUT2D eigenvalue weighted by Crippen LogP contribution is 2.19. The predicted molar refractivity (Wildman–Crippen MR) is 86.5 cm³/mol. The quantitative estimate of drug-likeness (QED) is 0.775. The SMILES string of the molecule is C=C(C)CN(CCC(=O)O)c1ccc(N2CCOCC2)nc1. The smallest absolute Gasteiger partial charge is 0.305 e. The second-order valence-corrected chi connectivity index (χ2v) is 5.50. The number of pyridine rings is 1. The topological polar surface area (TPSA) is 65.9 Å². The number of anilines is 2. The Labute approximate surface area is 131 Å². The predicted octanol–water partition coefficient (Wildman–Crippen LogP) is 1.78. The third-order valence-corrected chi connectivity index (χ3v) is 3.49. The number of carbonyl (C=O) groups is 1. The second-order valence-electron chi connectivity index (χ2n) is 5.50. The van der Waals surface area contributed by atoms with Gasteiger partial charge in [0.15, 0.2) is 0 Å². The first-order chi connectivity index (χ1) is 10.6. The minimum atomic E-state index is -0.801. The summed E-state index contributed by atoms with van der Waals surface area (Å²) in [6.45, 7) is 10.1. The zero-order valence-electron chi connectivity index (χ0n) is 13.0. The molecule has 120 valence electrons. The molecule has 0 aromatic carbocycles. The molecule has 0 aliphatic carbocycles. The Morgan fingerprint density at radius 2 is 2.18 bits per heavy atom. The van der Waals surface area contributed by atoms with Crippen molar-refractivity contribution in [3.05, 3.63) is 30.5 Å². The largest absolute Gasteiger partial charge is 0.481 e. The average Bonchev–Trinajstić information content (AvgIpc) is 2.52. The van der Waals surface area contributed by atoms with Gasteiger partial charge in [0, 0.05) is 26.2 Å². The lowest BCUT2D eigenvalue weighted by molar-refractivity contribution is -0.136. The molecular formula is C16H23N3O3. The van der Waals surface area contributed by atoms with Crippen molar-refractivity contribution in [2.75, 3.05) is 49.2 Å². The van der Waals surface area contributed by atoms with Crippen LogP contribution in [0.25, 0.3) is 0 Å². The number of hydrogen-bond acceptors (Lipinski definition) is 5. The summed E-state index contributed by atoms with van der Waals surface area (Å²) in [5.41, 5.74) is 1.91. The van der Waals surface area contributed by atoms with Crippen LogP contribution < -0.4 is 9.80 Å². The molecule has 1 saturated heterocycles. The molecule has 1 aromatic heterocycles. The Hall–Kier alpha value is -2.08. The second kappa shape index (κ2) is 7.79. The molecule has 0 radical (unpaired) electrons. The van der Waals surface area contributed by atoms with Crippen molar-refractivity contribution in [3.8, 4) is 0 Å². The number of nitrogens with zero attached hydrogens (tertiary/aromatic N) is 3. The number of morpholine rings is 1. The van der Waals surface area contributed by atoms with E-state index in [0.717, 1.165) is 43.4 Å². The molecule has 22 heavy (non-hydrogen) atoms. The van der Waals surface area contributed by atoms with E-state index in [1.807, 2.05) is 24.0 Å². The van der Waals surface area contributed by atoms with E-state index in [4.69, 9.17) is 9.84 Å². The first-order valence-corrected chi connectivity index (χ1v) is 7.46. The van der Waals surface area contributed by atoms with Gasteiger partial charge in [-0.25, -0.2) is 4.98 Å². The first-order valence-electron chi connectivity index (χ1n) is 7.46. The molecule has 0 unspecified atom stereocenters. The molecule has 2 rings (SSSR count). The van der Waals surface area contributed by atoms with Gasteiger partial charge in [-0.05, 0) is 19.1 Å². The van der Waals surface area contributed by atoms with Crippen LogP contribution in [0.15, 0.2) is 30.5 Å².